The maximum absolute atomic E-state index is 11.7. The predicted octanol–water partition coefficient (Wildman–Crippen LogP) is 1.27. The Morgan fingerprint density at radius 3 is 2.47 bits per heavy atom. The highest BCUT2D eigenvalue weighted by atomic mass is 16.2. The van der Waals surface area contributed by atoms with Gasteiger partial charge in [0.25, 0.3) is 5.91 Å². The minimum atomic E-state index is -0.193. The average molecular weight is 211 g/mol. The Bertz CT molecular complexity index is 257. The highest BCUT2D eigenvalue weighted by Gasteiger charge is 2.31. The van der Waals surface area contributed by atoms with Crippen LogP contribution in [-0.4, -0.2) is 24.0 Å². The van der Waals surface area contributed by atoms with Gasteiger partial charge in [-0.3, -0.25) is 10.1 Å². The molecule has 1 amide bonds. The normalized spacial score (nSPS) is 20.8. The monoisotopic (exact) mass is 211 g/mol. The lowest BCUT2D eigenvalue weighted by atomic mass is 9.95. The van der Waals surface area contributed by atoms with Gasteiger partial charge in [-0.2, -0.15) is 0 Å². The zero-order chi connectivity index (χ0) is 11.4. The summed E-state index contributed by atoms with van der Waals surface area (Å²) < 4.78 is 0. The molecule has 0 radical (unpaired) electrons. The van der Waals surface area contributed by atoms with E-state index in [0.717, 1.165) is 12.8 Å². The molecule has 86 valence electrons. The molecule has 0 fully saturated rings. The van der Waals surface area contributed by atoms with Crippen LogP contribution in [-0.2, 0) is 4.79 Å². The van der Waals surface area contributed by atoms with E-state index >= 15 is 0 Å². The molecule has 0 saturated carbocycles. The second-order valence-corrected chi connectivity index (χ2v) is 4.29. The quantitative estimate of drug-likeness (QED) is 0.736. The molecule has 2 N–H and O–H groups in total. The fourth-order valence-electron chi connectivity index (χ4n) is 1.82. The van der Waals surface area contributed by atoms with Gasteiger partial charge in [0.2, 0.25) is 0 Å². The first-order chi connectivity index (χ1) is 7.08. The van der Waals surface area contributed by atoms with Crippen LogP contribution in [0.3, 0.4) is 0 Å². The molecule has 0 aromatic heterocycles. The molecule has 0 spiro atoms. The van der Waals surface area contributed by atoms with Crippen LogP contribution >= 0.6 is 0 Å². The molecule has 0 aromatic carbocycles. The molecule has 1 aliphatic rings. The summed E-state index contributed by atoms with van der Waals surface area (Å²) in [6.07, 6.45) is 1.99. The predicted molar refractivity (Wildman–Crippen MR) is 61.7 cm³/mol. The molecule has 1 heterocycles. The van der Waals surface area contributed by atoms with E-state index in [-0.39, 0.29) is 11.9 Å². The van der Waals surface area contributed by atoms with Crippen LogP contribution < -0.4 is 10.6 Å². The van der Waals surface area contributed by atoms with E-state index in [9.17, 15) is 4.79 Å². The summed E-state index contributed by atoms with van der Waals surface area (Å²) in [5.74, 6) is 1.02. The molecule has 1 rings (SSSR count). The van der Waals surface area contributed by atoms with Crippen LogP contribution in [0.25, 0.3) is 0 Å². The van der Waals surface area contributed by atoms with Crippen molar-refractivity contribution in [1.82, 2.24) is 10.6 Å². The van der Waals surface area contributed by atoms with Gasteiger partial charge in [-0.05, 0) is 19.8 Å². The molecule has 4 heteroatoms. The number of hydrogen-bond donors (Lipinski definition) is 2. The maximum atomic E-state index is 11.7. The van der Waals surface area contributed by atoms with Crippen molar-refractivity contribution in [3.8, 4) is 0 Å². The van der Waals surface area contributed by atoms with Crippen molar-refractivity contribution in [3.63, 3.8) is 0 Å². The molecule has 1 atom stereocenters. The second-order valence-electron chi connectivity index (χ2n) is 4.29. The van der Waals surface area contributed by atoms with E-state index in [1.165, 1.54) is 0 Å². The molecule has 1 unspecified atom stereocenters. The van der Waals surface area contributed by atoms with Gasteiger partial charge >= 0.3 is 0 Å². The van der Waals surface area contributed by atoms with Crippen LogP contribution in [0.1, 0.15) is 40.5 Å². The van der Waals surface area contributed by atoms with Gasteiger partial charge in [0, 0.05) is 6.04 Å². The second kappa shape index (κ2) is 5.14. The van der Waals surface area contributed by atoms with Gasteiger partial charge in [-0.1, -0.05) is 26.7 Å². The molecule has 0 saturated heterocycles. The van der Waals surface area contributed by atoms with Gasteiger partial charge in [0.05, 0.1) is 0 Å². The first-order valence-electron chi connectivity index (χ1n) is 5.73. The number of rotatable bonds is 4. The van der Waals surface area contributed by atoms with Crippen LogP contribution in [0.2, 0.25) is 0 Å². The van der Waals surface area contributed by atoms with Crippen LogP contribution in [0.15, 0.2) is 4.99 Å². The Morgan fingerprint density at radius 2 is 2.00 bits per heavy atom. The number of guanidine groups is 1. The Balaban J connectivity index is 2.66. The standard InChI is InChI=1S/C11H21N3O/c1-5-8(6-2)9-10(15)14-11(13-9)12-7(3)4/h7-9H,5-6H2,1-4H3,(H2,12,13,14,15). The van der Waals surface area contributed by atoms with Gasteiger partial charge < -0.3 is 5.32 Å². The van der Waals surface area contributed by atoms with Gasteiger partial charge in [0.15, 0.2) is 5.96 Å². The van der Waals surface area contributed by atoms with Crippen molar-refractivity contribution in [2.45, 2.75) is 52.6 Å². The third kappa shape index (κ3) is 2.94. The third-order valence-electron chi connectivity index (χ3n) is 2.70. The Kier molecular flexibility index (Phi) is 4.12. The lowest BCUT2D eigenvalue weighted by Gasteiger charge is -2.14. The summed E-state index contributed by atoms with van der Waals surface area (Å²) in [6.45, 7) is 8.26. The van der Waals surface area contributed by atoms with Gasteiger partial charge in [0.1, 0.15) is 6.04 Å². The molecular weight excluding hydrogens is 190 g/mol. The fourth-order valence-corrected chi connectivity index (χ4v) is 1.82. The van der Waals surface area contributed by atoms with Gasteiger partial charge in [-0.25, -0.2) is 4.99 Å². The highest BCUT2D eigenvalue weighted by Crippen LogP contribution is 2.18. The number of hydrogen-bond acceptors (Lipinski definition) is 3. The average Bonchev–Trinajstić information content (AvgIpc) is 2.48. The van der Waals surface area contributed by atoms with Gasteiger partial charge in [-0.15, -0.1) is 0 Å². The minimum absolute atomic E-state index is 0.0341. The summed E-state index contributed by atoms with van der Waals surface area (Å²) >= 11 is 0. The van der Waals surface area contributed by atoms with Crippen molar-refractivity contribution >= 4 is 11.9 Å². The number of carbonyl (C=O) groups is 1. The number of carbonyl (C=O) groups excluding carboxylic acids is 1. The van der Waals surface area contributed by atoms with Crippen molar-refractivity contribution in [1.29, 1.82) is 0 Å². The smallest absolute Gasteiger partial charge is 0.251 e. The molecule has 4 nitrogen and oxygen atoms in total. The highest BCUT2D eigenvalue weighted by molar-refractivity contribution is 6.05. The van der Waals surface area contributed by atoms with E-state index in [4.69, 9.17) is 0 Å². The van der Waals surface area contributed by atoms with E-state index in [2.05, 4.69) is 29.5 Å². The fraction of sp³-hybridized carbons (Fsp3) is 0.818. The van der Waals surface area contributed by atoms with E-state index < -0.39 is 0 Å². The number of amides is 1. The van der Waals surface area contributed by atoms with E-state index in [0.29, 0.717) is 17.9 Å². The lowest BCUT2D eigenvalue weighted by Crippen LogP contribution is -2.41. The Labute approximate surface area is 91.5 Å². The zero-order valence-electron chi connectivity index (χ0n) is 10.0. The molecule has 0 aromatic rings. The third-order valence-corrected chi connectivity index (χ3v) is 2.70. The Hall–Kier alpha value is -1.06. The molecule has 0 bridgehead atoms. The summed E-state index contributed by atoms with van der Waals surface area (Å²) in [5, 5.41) is 5.91. The van der Waals surface area contributed by atoms with Crippen molar-refractivity contribution in [2.75, 3.05) is 0 Å². The molecule has 15 heavy (non-hydrogen) atoms. The van der Waals surface area contributed by atoms with Crippen molar-refractivity contribution < 1.29 is 4.79 Å². The minimum Gasteiger partial charge on any atom is -0.354 e. The van der Waals surface area contributed by atoms with Crippen molar-refractivity contribution in [3.05, 3.63) is 0 Å². The molecular formula is C11H21N3O. The zero-order valence-corrected chi connectivity index (χ0v) is 10.0. The summed E-state index contributed by atoms with van der Waals surface area (Å²) in [4.78, 5) is 16.1. The van der Waals surface area contributed by atoms with Crippen LogP contribution in [0, 0.1) is 5.92 Å². The maximum Gasteiger partial charge on any atom is 0.251 e. The van der Waals surface area contributed by atoms with Crippen LogP contribution in [0.4, 0.5) is 0 Å². The SMILES string of the molecule is CCC(CC)C1N=C(NC(C)C)NC1=O. The van der Waals surface area contributed by atoms with E-state index in [1.807, 2.05) is 13.8 Å². The Morgan fingerprint density at radius 1 is 1.40 bits per heavy atom. The first kappa shape index (κ1) is 12.0. The van der Waals surface area contributed by atoms with Crippen molar-refractivity contribution in [2.24, 2.45) is 10.9 Å². The topological polar surface area (TPSA) is 53.5 Å². The van der Waals surface area contributed by atoms with Crippen LogP contribution in [0.5, 0.6) is 0 Å². The number of nitrogens with one attached hydrogen (secondary N) is 2. The largest absolute Gasteiger partial charge is 0.354 e. The molecule has 0 aliphatic carbocycles. The lowest BCUT2D eigenvalue weighted by molar-refractivity contribution is -0.121. The first-order valence-corrected chi connectivity index (χ1v) is 5.73. The van der Waals surface area contributed by atoms with E-state index in [1.54, 1.807) is 0 Å². The summed E-state index contributed by atoms with van der Waals surface area (Å²) in [7, 11) is 0. The number of nitrogens with zero attached hydrogens (tertiary/aromatic N) is 1. The number of aliphatic imine (C=N–C) groups is 1. The summed E-state index contributed by atoms with van der Waals surface area (Å²) in [5.41, 5.74) is 0. The molecule has 1 aliphatic heterocycles. The summed E-state index contributed by atoms with van der Waals surface area (Å²) in [6, 6.07) is 0.103.